The summed E-state index contributed by atoms with van der Waals surface area (Å²) in [6, 6.07) is 0. The van der Waals surface area contributed by atoms with E-state index in [0.29, 0.717) is 6.10 Å². The van der Waals surface area contributed by atoms with Gasteiger partial charge in [0.05, 0.1) is 6.10 Å². The van der Waals surface area contributed by atoms with E-state index in [4.69, 9.17) is 4.74 Å². The second-order valence-electron chi connectivity index (χ2n) is 6.12. The van der Waals surface area contributed by atoms with Crippen molar-refractivity contribution in [2.75, 3.05) is 6.61 Å². The van der Waals surface area contributed by atoms with Gasteiger partial charge in [-0.1, -0.05) is 84.0 Å². The lowest BCUT2D eigenvalue weighted by Gasteiger charge is -2.26. The summed E-state index contributed by atoms with van der Waals surface area (Å²) in [6.07, 6.45) is 22.6. The number of rotatable bonds is 14. The molecule has 19 heavy (non-hydrogen) atoms. The van der Waals surface area contributed by atoms with E-state index < -0.39 is 0 Å². The van der Waals surface area contributed by atoms with Crippen molar-refractivity contribution in [1.82, 2.24) is 0 Å². The minimum Gasteiger partial charge on any atom is -0.378 e. The lowest BCUT2D eigenvalue weighted by atomic mass is 10.0. The van der Waals surface area contributed by atoms with Crippen molar-refractivity contribution in [2.24, 2.45) is 0 Å². The van der Waals surface area contributed by atoms with Crippen LogP contribution in [0.5, 0.6) is 0 Å². The summed E-state index contributed by atoms with van der Waals surface area (Å²) >= 11 is 0. The quantitative estimate of drug-likeness (QED) is 0.347. The smallest absolute Gasteiger partial charge is 0.0597 e. The predicted octanol–water partition coefficient (Wildman–Crippen LogP) is 6.07. The first-order valence-corrected chi connectivity index (χ1v) is 8.86. The monoisotopic (exact) mass is 267 g/mol. The Morgan fingerprint density at radius 2 is 1.42 bits per heavy atom. The third-order valence-electron chi connectivity index (χ3n) is 4.22. The normalized spacial score (nSPS) is 18.5. The van der Waals surface area contributed by atoms with E-state index in [0.717, 1.165) is 6.61 Å². The van der Waals surface area contributed by atoms with E-state index in [2.05, 4.69) is 13.3 Å². The number of ether oxygens (including phenoxy) is 1. The maximum absolute atomic E-state index is 5.44. The van der Waals surface area contributed by atoms with Gasteiger partial charge in [-0.3, -0.25) is 0 Å². The topological polar surface area (TPSA) is 9.23 Å². The summed E-state index contributed by atoms with van der Waals surface area (Å²) in [5, 5.41) is 0. The van der Waals surface area contributed by atoms with Crippen molar-refractivity contribution in [3.05, 3.63) is 6.42 Å². The number of unbranched alkanes of at least 4 members (excludes halogenated alkanes) is 12. The molecule has 0 spiro atoms. The summed E-state index contributed by atoms with van der Waals surface area (Å²) in [7, 11) is 0. The van der Waals surface area contributed by atoms with Crippen LogP contribution in [0.4, 0.5) is 0 Å². The Bertz CT molecular complexity index is 175. The van der Waals surface area contributed by atoms with Crippen LogP contribution in [-0.2, 0) is 4.74 Å². The maximum atomic E-state index is 5.44. The van der Waals surface area contributed by atoms with Crippen molar-refractivity contribution in [3.63, 3.8) is 0 Å². The van der Waals surface area contributed by atoms with Crippen LogP contribution in [0.25, 0.3) is 0 Å². The van der Waals surface area contributed by atoms with Gasteiger partial charge in [0.1, 0.15) is 0 Å². The molecule has 1 saturated heterocycles. The Balaban J connectivity index is 1.62. The fourth-order valence-corrected chi connectivity index (χ4v) is 2.76. The summed E-state index contributed by atoms with van der Waals surface area (Å²) in [5.74, 6) is 0. The summed E-state index contributed by atoms with van der Waals surface area (Å²) < 4.78 is 5.44. The lowest BCUT2D eigenvalue weighted by Crippen LogP contribution is -2.26. The molecule has 1 fully saturated rings. The highest BCUT2D eigenvalue weighted by Crippen LogP contribution is 2.19. The van der Waals surface area contributed by atoms with Crippen LogP contribution in [0.15, 0.2) is 0 Å². The lowest BCUT2D eigenvalue weighted by molar-refractivity contribution is -0.0555. The Morgan fingerprint density at radius 1 is 0.842 bits per heavy atom. The Labute approximate surface area is 121 Å². The molecular formula is C18H35O. The van der Waals surface area contributed by atoms with Gasteiger partial charge in [0.25, 0.3) is 0 Å². The molecule has 1 heteroatoms. The van der Waals surface area contributed by atoms with E-state index in [1.54, 1.807) is 0 Å². The highest BCUT2D eigenvalue weighted by Gasteiger charge is 2.16. The van der Waals surface area contributed by atoms with E-state index in [1.165, 1.54) is 89.9 Å². The highest BCUT2D eigenvalue weighted by atomic mass is 16.5. The maximum Gasteiger partial charge on any atom is 0.0597 e. The molecule has 1 aliphatic heterocycles. The largest absolute Gasteiger partial charge is 0.378 e. The van der Waals surface area contributed by atoms with Gasteiger partial charge < -0.3 is 4.74 Å². The fraction of sp³-hybridized carbons (Fsp3) is 0.944. The van der Waals surface area contributed by atoms with E-state index in [-0.39, 0.29) is 0 Å². The summed E-state index contributed by atoms with van der Waals surface area (Å²) in [6.45, 7) is 3.27. The van der Waals surface area contributed by atoms with Gasteiger partial charge in [0.15, 0.2) is 0 Å². The van der Waals surface area contributed by atoms with Gasteiger partial charge in [-0.2, -0.15) is 0 Å². The molecule has 1 aliphatic rings. The number of hydrogen-bond acceptors (Lipinski definition) is 1. The molecule has 113 valence electrons. The van der Waals surface area contributed by atoms with Crippen molar-refractivity contribution in [2.45, 2.75) is 103 Å². The molecule has 1 rings (SSSR count). The first kappa shape index (κ1) is 17.0. The molecule has 1 radical (unpaired) electrons. The Morgan fingerprint density at radius 3 is 1.95 bits per heavy atom. The van der Waals surface area contributed by atoms with Crippen LogP contribution < -0.4 is 0 Å². The Hall–Kier alpha value is -0.0400. The average molecular weight is 267 g/mol. The van der Waals surface area contributed by atoms with E-state index in [1.807, 2.05) is 0 Å². The average Bonchev–Trinajstić information content (AvgIpc) is 2.37. The van der Waals surface area contributed by atoms with Crippen LogP contribution >= 0.6 is 0 Å². The van der Waals surface area contributed by atoms with Crippen molar-refractivity contribution in [1.29, 1.82) is 0 Å². The van der Waals surface area contributed by atoms with Crippen LogP contribution in [0.1, 0.15) is 96.8 Å². The molecule has 0 aromatic heterocycles. The standard InChI is InChI=1S/C18H35O/c1-2-3-4-5-6-7-8-9-10-11-12-13-14-15-18-16-17-19-18/h4,18H,2-3,5-17H2,1H3. The summed E-state index contributed by atoms with van der Waals surface area (Å²) in [4.78, 5) is 0. The minimum absolute atomic E-state index is 0.629. The first-order chi connectivity index (χ1) is 9.43. The molecule has 0 saturated carbocycles. The van der Waals surface area contributed by atoms with Gasteiger partial charge in [0, 0.05) is 6.61 Å². The van der Waals surface area contributed by atoms with Crippen LogP contribution in [0, 0.1) is 6.42 Å². The van der Waals surface area contributed by atoms with Gasteiger partial charge in [-0.05, 0) is 19.3 Å². The van der Waals surface area contributed by atoms with Crippen LogP contribution in [-0.4, -0.2) is 12.7 Å². The molecule has 1 unspecified atom stereocenters. The molecule has 0 aliphatic carbocycles. The number of hydrogen-bond donors (Lipinski definition) is 0. The van der Waals surface area contributed by atoms with Gasteiger partial charge >= 0.3 is 0 Å². The molecule has 0 aromatic carbocycles. The molecule has 0 N–H and O–H groups in total. The zero-order valence-corrected chi connectivity index (χ0v) is 13.2. The first-order valence-electron chi connectivity index (χ1n) is 8.86. The van der Waals surface area contributed by atoms with Crippen molar-refractivity contribution >= 4 is 0 Å². The Kier molecular flexibility index (Phi) is 11.6. The molecule has 1 nitrogen and oxygen atoms in total. The van der Waals surface area contributed by atoms with E-state index in [9.17, 15) is 0 Å². The molecule has 1 heterocycles. The van der Waals surface area contributed by atoms with Crippen molar-refractivity contribution < 1.29 is 4.74 Å². The van der Waals surface area contributed by atoms with E-state index >= 15 is 0 Å². The third kappa shape index (κ3) is 10.4. The van der Waals surface area contributed by atoms with Gasteiger partial charge in [0.2, 0.25) is 0 Å². The molecule has 0 bridgehead atoms. The second kappa shape index (κ2) is 13.0. The zero-order valence-electron chi connectivity index (χ0n) is 13.2. The molecule has 0 amide bonds. The SMILES string of the molecule is CCC[CH]CCCCCCCCCCCC1CCO1. The molecular weight excluding hydrogens is 232 g/mol. The zero-order chi connectivity index (χ0) is 13.6. The minimum atomic E-state index is 0.629. The van der Waals surface area contributed by atoms with Crippen LogP contribution in [0.3, 0.4) is 0 Å². The molecule has 1 atom stereocenters. The summed E-state index contributed by atoms with van der Waals surface area (Å²) in [5.41, 5.74) is 0. The third-order valence-corrected chi connectivity index (χ3v) is 4.22. The van der Waals surface area contributed by atoms with Crippen molar-refractivity contribution in [3.8, 4) is 0 Å². The van der Waals surface area contributed by atoms with Crippen LogP contribution in [0.2, 0.25) is 0 Å². The van der Waals surface area contributed by atoms with Gasteiger partial charge in [-0.25, -0.2) is 0 Å². The molecule has 0 aromatic rings. The van der Waals surface area contributed by atoms with Gasteiger partial charge in [-0.15, -0.1) is 0 Å². The highest BCUT2D eigenvalue weighted by molar-refractivity contribution is 4.66. The second-order valence-corrected chi connectivity index (χ2v) is 6.12. The predicted molar refractivity (Wildman–Crippen MR) is 84.4 cm³/mol. The fourth-order valence-electron chi connectivity index (χ4n) is 2.76.